The van der Waals surface area contributed by atoms with Crippen molar-refractivity contribution >= 4 is 34.4 Å². The summed E-state index contributed by atoms with van der Waals surface area (Å²) in [5.74, 6) is 0. The van der Waals surface area contributed by atoms with Crippen molar-refractivity contribution in [2.75, 3.05) is 0 Å². The molecule has 1 heterocycles. The molecule has 0 bridgehead atoms. The SMILES string of the molecule is OB(O)c1cccc(-n2c3ccccc3c3ccccc32)c1. The second kappa shape index (κ2) is 5.02. The number of aromatic nitrogens is 1. The number of hydrogen-bond acceptors (Lipinski definition) is 2. The fraction of sp³-hybridized carbons (Fsp3) is 0. The molecule has 1 aromatic heterocycles. The van der Waals surface area contributed by atoms with Gasteiger partial charge in [0.1, 0.15) is 0 Å². The van der Waals surface area contributed by atoms with E-state index in [-0.39, 0.29) is 0 Å². The Morgan fingerprint density at radius 3 is 1.86 bits per heavy atom. The highest BCUT2D eigenvalue weighted by molar-refractivity contribution is 6.58. The van der Waals surface area contributed by atoms with E-state index in [0.717, 1.165) is 16.7 Å². The van der Waals surface area contributed by atoms with E-state index >= 15 is 0 Å². The van der Waals surface area contributed by atoms with Crippen molar-refractivity contribution in [3.05, 3.63) is 72.8 Å². The summed E-state index contributed by atoms with van der Waals surface area (Å²) >= 11 is 0. The van der Waals surface area contributed by atoms with Gasteiger partial charge in [-0.25, -0.2) is 0 Å². The summed E-state index contributed by atoms with van der Waals surface area (Å²) < 4.78 is 2.15. The molecule has 22 heavy (non-hydrogen) atoms. The van der Waals surface area contributed by atoms with Crippen molar-refractivity contribution in [2.45, 2.75) is 0 Å². The van der Waals surface area contributed by atoms with Crippen LogP contribution >= 0.6 is 0 Å². The van der Waals surface area contributed by atoms with Gasteiger partial charge in [0.15, 0.2) is 0 Å². The Morgan fingerprint density at radius 2 is 1.27 bits per heavy atom. The van der Waals surface area contributed by atoms with Crippen LogP contribution in [0.3, 0.4) is 0 Å². The molecule has 0 unspecified atom stereocenters. The molecule has 0 spiro atoms. The maximum atomic E-state index is 9.42. The Balaban J connectivity index is 2.11. The number of hydrogen-bond donors (Lipinski definition) is 2. The maximum Gasteiger partial charge on any atom is 0.488 e. The van der Waals surface area contributed by atoms with Gasteiger partial charge in [-0.15, -0.1) is 0 Å². The molecule has 0 fully saturated rings. The highest BCUT2D eigenvalue weighted by atomic mass is 16.4. The molecule has 0 radical (unpaired) electrons. The largest absolute Gasteiger partial charge is 0.488 e. The molecule has 0 aliphatic rings. The number of benzene rings is 3. The van der Waals surface area contributed by atoms with Gasteiger partial charge in [-0.05, 0) is 29.7 Å². The minimum absolute atomic E-state index is 0.486. The molecule has 0 amide bonds. The quantitative estimate of drug-likeness (QED) is 0.556. The average molecular weight is 287 g/mol. The van der Waals surface area contributed by atoms with Crippen molar-refractivity contribution in [3.63, 3.8) is 0 Å². The monoisotopic (exact) mass is 287 g/mol. The van der Waals surface area contributed by atoms with Gasteiger partial charge >= 0.3 is 7.12 Å². The molecule has 0 aliphatic heterocycles. The van der Waals surface area contributed by atoms with Crippen LogP contribution < -0.4 is 5.46 Å². The molecule has 0 saturated heterocycles. The molecule has 3 nitrogen and oxygen atoms in total. The first-order chi connectivity index (χ1) is 10.8. The molecule has 0 saturated carbocycles. The maximum absolute atomic E-state index is 9.42. The second-order valence-electron chi connectivity index (χ2n) is 5.34. The summed E-state index contributed by atoms with van der Waals surface area (Å²) in [6.45, 7) is 0. The number of fused-ring (bicyclic) bond motifs is 3. The van der Waals surface area contributed by atoms with Crippen LogP contribution in [0.2, 0.25) is 0 Å². The summed E-state index contributed by atoms with van der Waals surface area (Å²) in [6, 6.07) is 23.8. The molecule has 0 aliphatic carbocycles. The zero-order valence-corrected chi connectivity index (χ0v) is 11.8. The Labute approximate surface area is 128 Å². The lowest BCUT2D eigenvalue weighted by Crippen LogP contribution is -2.29. The molecule has 4 heteroatoms. The van der Waals surface area contributed by atoms with Crippen molar-refractivity contribution in [2.24, 2.45) is 0 Å². The van der Waals surface area contributed by atoms with Crippen LogP contribution in [-0.2, 0) is 0 Å². The van der Waals surface area contributed by atoms with Crippen molar-refractivity contribution in [1.29, 1.82) is 0 Å². The fourth-order valence-electron chi connectivity index (χ4n) is 3.03. The smallest absolute Gasteiger partial charge is 0.423 e. The first-order valence-electron chi connectivity index (χ1n) is 7.20. The average Bonchev–Trinajstić information content (AvgIpc) is 2.89. The van der Waals surface area contributed by atoms with E-state index in [2.05, 4.69) is 28.8 Å². The standard InChI is InChI=1S/C18H14BNO2/c21-19(22)13-6-5-7-14(12-13)20-17-10-3-1-8-15(17)16-9-2-4-11-18(16)20/h1-12,21-22H. The third-order valence-corrected chi connectivity index (χ3v) is 4.01. The molecule has 106 valence electrons. The second-order valence-corrected chi connectivity index (χ2v) is 5.34. The zero-order valence-electron chi connectivity index (χ0n) is 11.8. The van der Waals surface area contributed by atoms with Crippen molar-refractivity contribution in [3.8, 4) is 5.69 Å². The summed E-state index contributed by atoms with van der Waals surface area (Å²) in [5, 5.41) is 21.2. The van der Waals surface area contributed by atoms with E-state index in [1.165, 1.54) is 10.8 Å². The summed E-state index contributed by atoms with van der Waals surface area (Å²) in [6.07, 6.45) is 0. The van der Waals surface area contributed by atoms with E-state index < -0.39 is 7.12 Å². The van der Waals surface area contributed by atoms with Gasteiger partial charge in [0.25, 0.3) is 0 Å². The molecule has 4 rings (SSSR count). The van der Waals surface area contributed by atoms with E-state index in [1.807, 2.05) is 42.5 Å². The van der Waals surface area contributed by atoms with Crippen LogP contribution in [0.4, 0.5) is 0 Å². The highest BCUT2D eigenvalue weighted by Crippen LogP contribution is 2.31. The summed E-state index contributed by atoms with van der Waals surface area (Å²) in [7, 11) is -1.46. The van der Waals surface area contributed by atoms with Crippen LogP contribution in [-0.4, -0.2) is 21.7 Å². The Bertz CT molecular complexity index is 922. The Kier molecular flexibility index (Phi) is 3.00. The number of para-hydroxylation sites is 2. The van der Waals surface area contributed by atoms with Gasteiger partial charge in [-0.1, -0.05) is 48.5 Å². The van der Waals surface area contributed by atoms with Gasteiger partial charge in [0.05, 0.1) is 11.0 Å². The first kappa shape index (κ1) is 13.1. The van der Waals surface area contributed by atoms with Crippen LogP contribution in [0.25, 0.3) is 27.5 Å². The van der Waals surface area contributed by atoms with E-state index in [4.69, 9.17) is 0 Å². The van der Waals surface area contributed by atoms with Gasteiger partial charge in [-0.2, -0.15) is 0 Å². The predicted molar refractivity (Wildman–Crippen MR) is 90.6 cm³/mol. The van der Waals surface area contributed by atoms with Gasteiger partial charge in [0.2, 0.25) is 0 Å². The third kappa shape index (κ3) is 1.93. The third-order valence-electron chi connectivity index (χ3n) is 4.01. The minimum atomic E-state index is -1.46. The van der Waals surface area contributed by atoms with Gasteiger partial charge in [-0.3, -0.25) is 0 Å². The van der Waals surface area contributed by atoms with Crippen LogP contribution in [0.5, 0.6) is 0 Å². The van der Waals surface area contributed by atoms with E-state index in [0.29, 0.717) is 5.46 Å². The molecular formula is C18H14BNO2. The van der Waals surface area contributed by atoms with E-state index in [9.17, 15) is 10.0 Å². The summed E-state index contributed by atoms with van der Waals surface area (Å²) in [5.41, 5.74) is 3.61. The van der Waals surface area contributed by atoms with Gasteiger partial charge in [0, 0.05) is 16.5 Å². The summed E-state index contributed by atoms with van der Waals surface area (Å²) in [4.78, 5) is 0. The van der Waals surface area contributed by atoms with Crippen molar-refractivity contribution in [1.82, 2.24) is 4.57 Å². The van der Waals surface area contributed by atoms with E-state index in [1.54, 1.807) is 6.07 Å². The Hall–Kier alpha value is -2.56. The molecule has 3 aromatic carbocycles. The molecular weight excluding hydrogens is 273 g/mol. The van der Waals surface area contributed by atoms with Crippen LogP contribution in [0, 0.1) is 0 Å². The lowest BCUT2D eigenvalue weighted by atomic mass is 9.80. The zero-order chi connectivity index (χ0) is 15.1. The number of nitrogens with zero attached hydrogens (tertiary/aromatic N) is 1. The highest BCUT2D eigenvalue weighted by Gasteiger charge is 2.14. The minimum Gasteiger partial charge on any atom is -0.423 e. The molecule has 4 aromatic rings. The van der Waals surface area contributed by atoms with Crippen molar-refractivity contribution < 1.29 is 10.0 Å². The normalized spacial score (nSPS) is 11.2. The fourth-order valence-corrected chi connectivity index (χ4v) is 3.03. The molecule has 0 atom stereocenters. The lowest BCUT2D eigenvalue weighted by Gasteiger charge is -2.09. The van der Waals surface area contributed by atoms with Gasteiger partial charge < -0.3 is 14.6 Å². The lowest BCUT2D eigenvalue weighted by molar-refractivity contribution is 0.426. The molecule has 2 N–H and O–H groups in total. The topological polar surface area (TPSA) is 45.4 Å². The van der Waals surface area contributed by atoms with Crippen LogP contribution in [0.1, 0.15) is 0 Å². The predicted octanol–water partition coefficient (Wildman–Crippen LogP) is 2.46. The number of rotatable bonds is 2. The van der Waals surface area contributed by atoms with Crippen LogP contribution in [0.15, 0.2) is 72.8 Å². The first-order valence-corrected chi connectivity index (χ1v) is 7.20. The Morgan fingerprint density at radius 1 is 0.682 bits per heavy atom.